The molecule has 0 aliphatic carbocycles. The van der Waals surface area contributed by atoms with Crippen LogP contribution in [0.3, 0.4) is 0 Å². The maximum Gasteiger partial charge on any atom is 0.337 e. The maximum atomic E-state index is 11.7. The highest BCUT2D eigenvalue weighted by Crippen LogP contribution is 2.27. The molecule has 0 bridgehead atoms. The molecular weight excluding hydrogens is 356 g/mol. The number of ether oxygens (including phenoxy) is 2. The molecule has 1 saturated heterocycles. The second-order valence-corrected chi connectivity index (χ2v) is 6.71. The van der Waals surface area contributed by atoms with Crippen molar-refractivity contribution in [3.05, 3.63) is 83.2 Å². The van der Waals surface area contributed by atoms with E-state index in [0.717, 1.165) is 24.3 Å². The second kappa shape index (κ2) is 8.33. The molecule has 28 heavy (non-hydrogen) atoms. The monoisotopic (exact) mass is 378 g/mol. The summed E-state index contributed by atoms with van der Waals surface area (Å²) >= 11 is 0. The molecular formula is C21H22N4O3. The van der Waals surface area contributed by atoms with Crippen LogP contribution in [0.2, 0.25) is 0 Å². The van der Waals surface area contributed by atoms with E-state index < -0.39 is 0 Å². The van der Waals surface area contributed by atoms with Gasteiger partial charge in [-0.3, -0.25) is 4.90 Å². The third-order valence-corrected chi connectivity index (χ3v) is 4.72. The third kappa shape index (κ3) is 4.11. The van der Waals surface area contributed by atoms with E-state index in [9.17, 15) is 4.79 Å². The van der Waals surface area contributed by atoms with Crippen molar-refractivity contribution < 1.29 is 14.3 Å². The zero-order valence-electron chi connectivity index (χ0n) is 15.7. The van der Waals surface area contributed by atoms with Crippen LogP contribution in [0.1, 0.15) is 33.4 Å². The van der Waals surface area contributed by atoms with Crippen LogP contribution in [0.5, 0.6) is 0 Å². The van der Waals surface area contributed by atoms with Gasteiger partial charge in [0.25, 0.3) is 0 Å². The number of hydrogen-bond donors (Lipinski definition) is 0. The summed E-state index contributed by atoms with van der Waals surface area (Å²) in [7, 11) is 1.38. The van der Waals surface area contributed by atoms with E-state index in [4.69, 9.17) is 9.47 Å². The molecule has 0 spiro atoms. The fourth-order valence-corrected chi connectivity index (χ4v) is 3.36. The second-order valence-electron chi connectivity index (χ2n) is 6.71. The van der Waals surface area contributed by atoms with Crippen molar-refractivity contribution in [3.8, 4) is 0 Å². The lowest BCUT2D eigenvalue weighted by atomic mass is 10.1. The van der Waals surface area contributed by atoms with Gasteiger partial charge in [-0.05, 0) is 23.3 Å². The molecule has 0 radical (unpaired) electrons. The van der Waals surface area contributed by atoms with Crippen LogP contribution < -0.4 is 0 Å². The smallest absolute Gasteiger partial charge is 0.337 e. The van der Waals surface area contributed by atoms with Gasteiger partial charge in [0, 0.05) is 13.1 Å². The van der Waals surface area contributed by atoms with Gasteiger partial charge in [-0.25, -0.2) is 9.48 Å². The third-order valence-electron chi connectivity index (χ3n) is 4.72. The van der Waals surface area contributed by atoms with Crippen molar-refractivity contribution in [1.29, 1.82) is 0 Å². The lowest BCUT2D eigenvalue weighted by Crippen LogP contribution is -2.23. The SMILES string of the molecule is COC(=O)c1cccc(Cn2cc([C@H]3OCCN3Cc3ccccc3)nn2)c1. The van der Waals surface area contributed by atoms with Gasteiger partial charge in [-0.15, -0.1) is 5.10 Å². The van der Waals surface area contributed by atoms with Crippen molar-refractivity contribution >= 4 is 5.97 Å². The van der Waals surface area contributed by atoms with Crippen LogP contribution >= 0.6 is 0 Å². The number of carbonyl (C=O) groups is 1. The van der Waals surface area contributed by atoms with E-state index in [1.165, 1.54) is 12.7 Å². The molecule has 1 aliphatic rings. The average molecular weight is 378 g/mol. The zero-order valence-corrected chi connectivity index (χ0v) is 15.7. The molecule has 0 unspecified atom stereocenters. The van der Waals surface area contributed by atoms with E-state index in [-0.39, 0.29) is 12.2 Å². The molecule has 0 N–H and O–H groups in total. The van der Waals surface area contributed by atoms with Gasteiger partial charge in [0.15, 0.2) is 6.23 Å². The Kier molecular flexibility index (Phi) is 5.45. The molecule has 1 atom stereocenters. The summed E-state index contributed by atoms with van der Waals surface area (Å²) in [5, 5.41) is 8.55. The largest absolute Gasteiger partial charge is 0.465 e. The number of esters is 1. The first kappa shape index (κ1) is 18.3. The normalized spacial score (nSPS) is 17.0. The van der Waals surface area contributed by atoms with Gasteiger partial charge >= 0.3 is 5.97 Å². The Morgan fingerprint density at radius 3 is 2.79 bits per heavy atom. The van der Waals surface area contributed by atoms with Gasteiger partial charge in [-0.2, -0.15) is 0 Å². The van der Waals surface area contributed by atoms with E-state index in [0.29, 0.717) is 18.7 Å². The molecule has 3 aromatic rings. The highest BCUT2D eigenvalue weighted by atomic mass is 16.5. The first-order valence-electron chi connectivity index (χ1n) is 9.20. The molecule has 0 saturated carbocycles. The number of aromatic nitrogens is 3. The first-order chi connectivity index (χ1) is 13.7. The van der Waals surface area contributed by atoms with Gasteiger partial charge in [0.1, 0.15) is 5.69 Å². The topological polar surface area (TPSA) is 69.5 Å². The summed E-state index contributed by atoms with van der Waals surface area (Å²) in [5.41, 5.74) is 3.50. The highest BCUT2D eigenvalue weighted by molar-refractivity contribution is 5.89. The molecule has 7 heteroatoms. The highest BCUT2D eigenvalue weighted by Gasteiger charge is 2.29. The van der Waals surface area contributed by atoms with Gasteiger partial charge in [0.05, 0.1) is 32.0 Å². The summed E-state index contributed by atoms with van der Waals surface area (Å²) in [6.07, 6.45) is 1.70. The summed E-state index contributed by atoms with van der Waals surface area (Å²) < 4.78 is 12.4. The van der Waals surface area contributed by atoms with Gasteiger partial charge < -0.3 is 9.47 Å². The lowest BCUT2D eigenvalue weighted by Gasteiger charge is -2.20. The minimum Gasteiger partial charge on any atom is -0.465 e. The standard InChI is InChI=1S/C21H22N4O3/c1-27-21(26)18-9-5-8-17(12-18)14-25-15-19(22-23-25)20-24(10-11-28-20)13-16-6-3-2-4-7-16/h2-9,12,15,20H,10-11,13-14H2,1H3/t20-/m1/s1. The van der Waals surface area contributed by atoms with Gasteiger partial charge in [0.2, 0.25) is 0 Å². The van der Waals surface area contributed by atoms with E-state index in [2.05, 4.69) is 27.3 Å². The maximum absolute atomic E-state index is 11.7. The quantitative estimate of drug-likeness (QED) is 0.614. The molecule has 2 heterocycles. The Labute approximate surface area is 163 Å². The Morgan fingerprint density at radius 2 is 1.96 bits per heavy atom. The number of nitrogens with zero attached hydrogens (tertiary/aromatic N) is 4. The summed E-state index contributed by atoms with van der Waals surface area (Å²) in [5.74, 6) is -0.350. The minimum atomic E-state index is -0.350. The number of carbonyl (C=O) groups excluding carboxylic acids is 1. The van der Waals surface area contributed by atoms with Crippen molar-refractivity contribution in [1.82, 2.24) is 19.9 Å². The molecule has 2 aromatic carbocycles. The van der Waals surface area contributed by atoms with Crippen LogP contribution in [-0.2, 0) is 22.6 Å². The number of hydrogen-bond acceptors (Lipinski definition) is 6. The molecule has 4 rings (SSSR count). The van der Waals surface area contributed by atoms with Crippen LogP contribution in [0.4, 0.5) is 0 Å². The molecule has 1 aromatic heterocycles. The summed E-state index contributed by atoms with van der Waals surface area (Å²) in [4.78, 5) is 14.0. The van der Waals surface area contributed by atoms with Crippen molar-refractivity contribution in [2.45, 2.75) is 19.3 Å². The summed E-state index contributed by atoms with van der Waals surface area (Å²) in [6, 6.07) is 17.6. The first-order valence-corrected chi connectivity index (χ1v) is 9.20. The van der Waals surface area contributed by atoms with Crippen molar-refractivity contribution in [2.75, 3.05) is 20.3 Å². The molecule has 0 amide bonds. The van der Waals surface area contributed by atoms with Crippen LogP contribution in [0, 0.1) is 0 Å². The fraction of sp³-hybridized carbons (Fsp3) is 0.286. The van der Waals surface area contributed by atoms with E-state index in [1.54, 1.807) is 16.8 Å². The van der Waals surface area contributed by atoms with Crippen LogP contribution in [0.15, 0.2) is 60.8 Å². The van der Waals surface area contributed by atoms with Crippen LogP contribution in [0.25, 0.3) is 0 Å². The predicted octanol–water partition coefficient (Wildman–Crippen LogP) is 2.64. The van der Waals surface area contributed by atoms with Crippen molar-refractivity contribution in [3.63, 3.8) is 0 Å². The Hall–Kier alpha value is -3.03. The Morgan fingerprint density at radius 1 is 1.14 bits per heavy atom. The Bertz CT molecular complexity index is 942. The van der Waals surface area contributed by atoms with E-state index in [1.807, 2.05) is 36.5 Å². The lowest BCUT2D eigenvalue weighted by molar-refractivity contribution is 0.0252. The zero-order chi connectivity index (χ0) is 19.3. The number of rotatable bonds is 6. The van der Waals surface area contributed by atoms with Gasteiger partial charge in [-0.1, -0.05) is 47.7 Å². The van der Waals surface area contributed by atoms with Crippen molar-refractivity contribution in [2.24, 2.45) is 0 Å². The minimum absolute atomic E-state index is 0.199. The number of benzene rings is 2. The molecule has 1 fully saturated rings. The van der Waals surface area contributed by atoms with E-state index >= 15 is 0 Å². The predicted molar refractivity (Wildman–Crippen MR) is 102 cm³/mol. The summed E-state index contributed by atoms with van der Waals surface area (Å²) in [6.45, 7) is 2.85. The van der Waals surface area contributed by atoms with Crippen LogP contribution in [-0.4, -0.2) is 46.1 Å². The average Bonchev–Trinajstić information content (AvgIpc) is 3.37. The Balaban J connectivity index is 1.46. The molecule has 1 aliphatic heterocycles. The fourth-order valence-electron chi connectivity index (χ4n) is 3.36. The molecule has 7 nitrogen and oxygen atoms in total. The molecule has 144 valence electrons. The number of methoxy groups -OCH3 is 1.